The monoisotopic (exact) mass is 468 g/mol. The van der Waals surface area contributed by atoms with Gasteiger partial charge in [-0.05, 0) is 62.6 Å². The molecule has 1 atom stereocenters. The summed E-state index contributed by atoms with van der Waals surface area (Å²) in [5.41, 5.74) is 3.06. The predicted molar refractivity (Wildman–Crippen MR) is 133 cm³/mol. The molecule has 0 bridgehead atoms. The molecule has 0 N–H and O–H groups in total. The van der Waals surface area contributed by atoms with Gasteiger partial charge in [-0.3, -0.25) is 0 Å². The highest BCUT2D eigenvalue weighted by molar-refractivity contribution is 7.89. The van der Waals surface area contributed by atoms with Gasteiger partial charge in [-0.25, -0.2) is 8.42 Å². The lowest BCUT2D eigenvalue weighted by Crippen LogP contribution is -2.39. The van der Waals surface area contributed by atoms with Gasteiger partial charge in [0.1, 0.15) is 0 Å². The minimum atomic E-state index is -3.73. The average molecular weight is 469 g/mol. The van der Waals surface area contributed by atoms with E-state index in [1.807, 2.05) is 82.2 Å². The number of benzene rings is 3. The molecule has 0 aliphatic carbocycles. The van der Waals surface area contributed by atoms with Crippen molar-refractivity contribution in [1.82, 2.24) is 4.31 Å². The summed E-state index contributed by atoms with van der Waals surface area (Å²) in [6.45, 7) is 7.29. The second kappa shape index (κ2) is 9.23. The number of rotatable bonds is 7. The zero-order chi connectivity index (χ0) is 23.8. The lowest BCUT2D eigenvalue weighted by atomic mass is 9.94. The van der Waals surface area contributed by atoms with Crippen molar-refractivity contribution in [2.24, 2.45) is 0 Å². The van der Waals surface area contributed by atoms with Gasteiger partial charge in [0, 0.05) is 43.1 Å². The van der Waals surface area contributed by atoms with Crippen LogP contribution in [0.15, 0.2) is 53.4 Å². The Hall–Kier alpha value is -2.77. The number of ether oxygens (including phenoxy) is 2. The third-order valence-corrected chi connectivity index (χ3v) is 8.24. The van der Waals surface area contributed by atoms with Crippen LogP contribution in [0.2, 0.25) is 0 Å². The Balaban J connectivity index is 1.79. The molecule has 1 aliphatic heterocycles. The van der Waals surface area contributed by atoms with E-state index in [4.69, 9.17) is 9.47 Å². The highest BCUT2D eigenvalue weighted by Crippen LogP contribution is 2.41. The van der Waals surface area contributed by atoms with Crippen LogP contribution in [-0.2, 0) is 16.4 Å². The molecule has 0 aromatic heterocycles. The summed E-state index contributed by atoms with van der Waals surface area (Å²) in [5.74, 6) is 1.37. The van der Waals surface area contributed by atoms with Gasteiger partial charge >= 0.3 is 0 Å². The first-order valence-corrected chi connectivity index (χ1v) is 12.9. The van der Waals surface area contributed by atoms with E-state index in [1.165, 1.54) is 0 Å². The molecule has 176 valence electrons. The van der Waals surface area contributed by atoms with Crippen LogP contribution in [0.3, 0.4) is 0 Å². The Labute approximate surface area is 196 Å². The summed E-state index contributed by atoms with van der Waals surface area (Å²) < 4.78 is 41.1. The van der Waals surface area contributed by atoms with Crippen molar-refractivity contribution < 1.29 is 17.9 Å². The summed E-state index contributed by atoms with van der Waals surface area (Å²) in [4.78, 5) is 2.35. The Morgan fingerprint density at radius 3 is 2.27 bits per heavy atom. The molecule has 1 unspecified atom stereocenters. The van der Waals surface area contributed by atoms with Crippen LogP contribution in [0.1, 0.15) is 37.9 Å². The van der Waals surface area contributed by atoms with Gasteiger partial charge in [-0.1, -0.05) is 24.3 Å². The van der Waals surface area contributed by atoms with Crippen molar-refractivity contribution in [3.05, 3.63) is 59.7 Å². The molecule has 0 saturated carbocycles. The largest absolute Gasteiger partial charge is 0.490 e. The number of hydrogen-bond acceptors (Lipinski definition) is 5. The first-order chi connectivity index (χ1) is 15.8. The highest BCUT2D eigenvalue weighted by Gasteiger charge is 2.35. The molecule has 0 fully saturated rings. The van der Waals surface area contributed by atoms with Gasteiger partial charge in [0.05, 0.1) is 18.1 Å². The van der Waals surface area contributed by atoms with Crippen LogP contribution in [0.5, 0.6) is 11.5 Å². The molecule has 0 radical (unpaired) electrons. The van der Waals surface area contributed by atoms with Crippen LogP contribution in [-0.4, -0.2) is 46.6 Å². The molecule has 0 saturated heterocycles. The third-order valence-electron chi connectivity index (χ3n) is 6.22. The first kappa shape index (κ1) is 23.4. The zero-order valence-corrected chi connectivity index (χ0v) is 20.8. The molecule has 3 aromatic carbocycles. The number of hydrogen-bond donors (Lipinski definition) is 0. The SMILES string of the molecule is CCOc1cc2c(cc1OCC)C(C)N(S(=O)(=O)c1cccc3c(N(C)C)cccc13)CC2. The van der Waals surface area contributed by atoms with E-state index < -0.39 is 10.0 Å². The van der Waals surface area contributed by atoms with Crippen LogP contribution in [0.4, 0.5) is 5.69 Å². The van der Waals surface area contributed by atoms with Crippen LogP contribution in [0.25, 0.3) is 10.8 Å². The van der Waals surface area contributed by atoms with Crippen molar-refractivity contribution in [3.8, 4) is 11.5 Å². The van der Waals surface area contributed by atoms with E-state index in [1.54, 1.807) is 10.4 Å². The Morgan fingerprint density at radius 1 is 0.970 bits per heavy atom. The van der Waals surface area contributed by atoms with Crippen molar-refractivity contribution >= 4 is 26.5 Å². The van der Waals surface area contributed by atoms with E-state index in [9.17, 15) is 8.42 Å². The Morgan fingerprint density at radius 2 is 1.61 bits per heavy atom. The quantitative estimate of drug-likeness (QED) is 0.488. The maximum atomic E-state index is 13.9. The summed E-state index contributed by atoms with van der Waals surface area (Å²) in [5, 5.41) is 1.66. The van der Waals surface area contributed by atoms with Crippen LogP contribution < -0.4 is 14.4 Å². The number of anilines is 1. The molecule has 0 amide bonds. The maximum Gasteiger partial charge on any atom is 0.244 e. The molecule has 33 heavy (non-hydrogen) atoms. The predicted octanol–water partition coefficient (Wildman–Crippen LogP) is 5.01. The fourth-order valence-corrected chi connectivity index (χ4v) is 6.49. The van der Waals surface area contributed by atoms with Gasteiger partial charge in [-0.15, -0.1) is 0 Å². The summed E-state index contributed by atoms with van der Waals surface area (Å²) in [6, 6.07) is 15.0. The second-order valence-electron chi connectivity index (χ2n) is 8.43. The van der Waals surface area contributed by atoms with Crippen molar-refractivity contribution in [1.29, 1.82) is 0 Å². The third kappa shape index (κ3) is 4.15. The van der Waals surface area contributed by atoms with E-state index in [-0.39, 0.29) is 6.04 Å². The molecule has 3 aromatic rings. The topological polar surface area (TPSA) is 59.1 Å². The van der Waals surface area contributed by atoms with Gasteiger partial charge in [0.25, 0.3) is 0 Å². The molecular formula is C26H32N2O4S. The Kier molecular flexibility index (Phi) is 6.54. The van der Waals surface area contributed by atoms with E-state index >= 15 is 0 Å². The molecule has 1 heterocycles. The summed E-state index contributed by atoms with van der Waals surface area (Å²) >= 11 is 0. The average Bonchev–Trinajstić information content (AvgIpc) is 2.79. The molecule has 7 heteroatoms. The molecule has 4 rings (SSSR count). The zero-order valence-electron chi connectivity index (χ0n) is 20.0. The van der Waals surface area contributed by atoms with Gasteiger partial charge < -0.3 is 14.4 Å². The number of nitrogens with zero attached hydrogens (tertiary/aromatic N) is 2. The smallest absolute Gasteiger partial charge is 0.244 e. The standard InChI is InChI=1S/C26H32N2O4S/c1-6-31-24-16-19-14-15-28(18(3)22(19)17-25(24)32-7-2)33(29,30)26-13-9-10-20-21(26)11-8-12-23(20)27(4)5/h8-13,16-18H,6-7,14-15H2,1-5H3. The fourth-order valence-electron chi connectivity index (χ4n) is 4.67. The molecule has 1 aliphatic rings. The lowest BCUT2D eigenvalue weighted by Gasteiger charge is -2.35. The van der Waals surface area contributed by atoms with E-state index in [0.29, 0.717) is 42.6 Å². The summed E-state index contributed by atoms with van der Waals surface area (Å²) in [6.07, 6.45) is 0.624. The molecule has 6 nitrogen and oxygen atoms in total. The number of fused-ring (bicyclic) bond motifs is 2. The van der Waals surface area contributed by atoms with Gasteiger partial charge in [0.15, 0.2) is 11.5 Å². The van der Waals surface area contributed by atoms with E-state index in [2.05, 4.69) is 0 Å². The van der Waals surface area contributed by atoms with Crippen molar-refractivity contribution in [2.75, 3.05) is 38.8 Å². The summed E-state index contributed by atoms with van der Waals surface area (Å²) in [7, 11) is 0.203. The Bertz CT molecular complexity index is 1270. The number of sulfonamides is 1. The van der Waals surface area contributed by atoms with Crippen LogP contribution >= 0.6 is 0 Å². The van der Waals surface area contributed by atoms with Gasteiger partial charge in [-0.2, -0.15) is 4.31 Å². The van der Waals surface area contributed by atoms with Crippen LogP contribution in [0, 0.1) is 0 Å². The minimum absolute atomic E-state index is 0.319. The van der Waals surface area contributed by atoms with Gasteiger partial charge in [0.2, 0.25) is 10.0 Å². The van der Waals surface area contributed by atoms with E-state index in [0.717, 1.165) is 27.6 Å². The molecule has 0 spiro atoms. The lowest BCUT2D eigenvalue weighted by molar-refractivity contribution is 0.282. The highest BCUT2D eigenvalue weighted by atomic mass is 32.2. The fraction of sp³-hybridized carbons (Fsp3) is 0.385. The molecular weight excluding hydrogens is 436 g/mol. The van der Waals surface area contributed by atoms with Crippen molar-refractivity contribution in [2.45, 2.75) is 38.1 Å². The maximum absolute atomic E-state index is 13.9. The van der Waals surface area contributed by atoms with Crippen molar-refractivity contribution in [3.63, 3.8) is 0 Å². The second-order valence-corrected chi connectivity index (χ2v) is 10.3. The normalized spacial score (nSPS) is 16.5. The first-order valence-electron chi connectivity index (χ1n) is 11.4. The minimum Gasteiger partial charge on any atom is -0.490 e.